The average molecular weight is 477 g/mol. The van der Waals surface area contributed by atoms with Gasteiger partial charge in [-0.15, -0.1) is 0 Å². The molecule has 11 nitrogen and oxygen atoms in total. The van der Waals surface area contributed by atoms with Crippen LogP contribution in [-0.4, -0.2) is 20.8 Å². The van der Waals surface area contributed by atoms with Crippen molar-refractivity contribution in [2.24, 2.45) is 0 Å². The number of nitrogens with one attached hydrogen (secondary N) is 3. The first kappa shape index (κ1) is 22.3. The van der Waals surface area contributed by atoms with E-state index >= 15 is 0 Å². The zero-order valence-corrected chi connectivity index (χ0v) is 17.8. The van der Waals surface area contributed by atoms with Gasteiger partial charge in [0, 0.05) is 22.0 Å². The highest BCUT2D eigenvalue weighted by molar-refractivity contribution is 6.30. The second-order valence-corrected chi connectivity index (χ2v) is 7.24. The summed E-state index contributed by atoms with van der Waals surface area (Å²) in [5.41, 5.74) is 0.771. The molecule has 0 saturated carbocycles. The Labute approximate surface area is 195 Å². The van der Waals surface area contributed by atoms with Gasteiger partial charge in [-0.25, -0.2) is 4.98 Å². The molecule has 0 aliphatic carbocycles. The van der Waals surface area contributed by atoms with Crippen molar-refractivity contribution >= 4 is 40.7 Å². The number of rotatable bonds is 6. The van der Waals surface area contributed by atoms with Gasteiger partial charge in [0.1, 0.15) is 16.6 Å². The molecule has 0 aliphatic rings. The van der Waals surface area contributed by atoms with Gasteiger partial charge >= 0.3 is 5.88 Å². The van der Waals surface area contributed by atoms with Gasteiger partial charge in [0.25, 0.3) is 11.5 Å². The number of aromatic nitrogens is 2. The van der Waals surface area contributed by atoms with E-state index in [0.717, 1.165) is 6.07 Å². The summed E-state index contributed by atoms with van der Waals surface area (Å²) in [5, 5.41) is 26.2. The monoisotopic (exact) mass is 476 g/mol. The van der Waals surface area contributed by atoms with Crippen LogP contribution < -0.4 is 16.2 Å². The highest BCUT2D eigenvalue weighted by atomic mass is 35.5. The molecule has 12 heteroatoms. The number of H-pyrrole nitrogens is 1. The number of nitrogens with zero attached hydrogens (tertiary/aromatic N) is 3. The molecule has 1 amide bonds. The molecule has 0 spiro atoms. The van der Waals surface area contributed by atoms with E-state index < -0.39 is 22.3 Å². The van der Waals surface area contributed by atoms with Gasteiger partial charge in [-0.3, -0.25) is 24.7 Å². The van der Waals surface area contributed by atoms with E-state index in [9.17, 15) is 25.0 Å². The molecule has 0 radical (unpaired) electrons. The lowest BCUT2D eigenvalue weighted by Crippen LogP contribution is -2.16. The van der Waals surface area contributed by atoms with Crippen molar-refractivity contribution in [3.63, 3.8) is 0 Å². The number of hydrogen-bond donors (Lipinski definition) is 3. The summed E-state index contributed by atoms with van der Waals surface area (Å²) in [4.78, 5) is 41.5. The van der Waals surface area contributed by atoms with Crippen molar-refractivity contribution in [2.75, 3.05) is 10.6 Å². The normalized spacial score (nSPS) is 10.4. The number of halogens is 1. The molecule has 0 unspecified atom stereocenters. The van der Waals surface area contributed by atoms with Crippen LogP contribution in [0.15, 0.2) is 69.9 Å². The Morgan fingerprint density at radius 1 is 1.09 bits per heavy atom. The van der Waals surface area contributed by atoms with Gasteiger partial charge in [-0.1, -0.05) is 23.7 Å². The molecule has 0 atom stereocenters. The van der Waals surface area contributed by atoms with Crippen molar-refractivity contribution in [2.45, 2.75) is 0 Å². The summed E-state index contributed by atoms with van der Waals surface area (Å²) < 4.78 is 4.87. The lowest BCUT2D eigenvalue weighted by atomic mass is 10.1. The van der Waals surface area contributed by atoms with Crippen LogP contribution in [0.5, 0.6) is 0 Å². The second kappa shape index (κ2) is 9.27. The van der Waals surface area contributed by atoms with Crippen molar-refractivity contribution in [3.8, 4) is 17.3 Å². The molecular formula is C22H13ClN6O5. The number of furan rings is 1. The van der Waals surface area contributed by atoms with Crippen LogP contribution in [0.4, 0.5) is 23.2 Å². The maximum Gasteiger partial charge on any atom is 0.433 e. The summed E-state index contributed by atoms with van der Waals surface area (Å²) >= 11 is 5.88. The van der Waals surface area contributed by atoms with Crippen LogP contribution in [0, 0.1) is 21.4 Å². The number of nitro groups is 1. The summed E-state index contributed by atoms with van der Waals surface area (Å²) in [7, 11) is 0. The van der Waals surface area contributed by atoms with Crippen LogP contribution in [0.2, 0.25) is 5.02 Å². The predicted molar refractivity (Wildman–Crippen MR) is 123 cm³/mol. The van der Waals surface area contributed by atoms with E-state index in [0.29, 0.717) is 22.0 Å². The first-order valence-electron chi connectivity index (χ1n) is 9.57. The van der Waals surface area contributed by atoms with Crippen LogP contribution in [0.25, 0.3) is 11.3 Å². The number of nitriles is 1. The molecule has 168 valence electrons. The largest absolute Gasteiger partial charge is 0.433 e. The smallest absolute Gasteiger partial charge is 0.395 e. The number of carbonyl (C=O) groups is 1. The summed E-state index contributed by atoms with van der Waals surface area (Å²) in [6.45, 7) is 0. The lowest BCUT2D eigenvalue weighted by molar-refractivity contribution is -0.402. The maximum absolute atomic E-state index is 12.4. The Kier molecular flexibility index (Phi) is 6.07. The van der Waals surface area contributed by atoms with Gasteiger partial charge in [0.2, 0.25) is 5.95 Å². The molecule has 2 aromatic carbocycles. The van der Waals surface area contributed by atoms with Crippen molar-refractivity contribution in [1.82, 2.24) is 9.97 Å². The zero-order chi connectivity index (χ0) is 24.2. The third kappa shape index (κ3) is 4.77. The number of hydrogen-bond acceptors (Lipinski definition) is 8. The highest BCUT2D eigenvalue weighted by Gasteiger charge is 2.18. The minimum Gasteiger partial charge on any atom is -0.395 e. The van der Waals surface area contributed by atoms with E-state index in [2.05, 4.69) is 20.6 Å². The molecule has 4 aromatic rings. The molecule has 0 aliphatic heterocycles. The van der Waals surface area contributed by atoms with Gasteiger partial charge in [-0.2, -0.15) is 5.26 Å². The van der Waals surface area contributed by atoms with E-state index in [4.69, 9.17) is 16.0 Å². The molecule has 4 rings (SSSR count). The number of amides is 1. The van der Waals surface area contributed by atoms with Gasteiger partial charge in [-0.05, 0) is 42.5 Å². The van der Waals surface area contributed by atoms with Gasteiger partial charge in [0.05, 0.1) is 11.8 Å². The topological polar surface area (TPSA) is 167 Å². The SMILES string of the molecule is N#Cc1c(-c2ccc(NC(=O)c3ccc([N+](=O)[O-])o3)cc2)nc(Nc2ccc(Cl)cc2)[nH]c1=O. The number of carbonyl (C=O) groups excluding carboxylic acids is 1. The van der Waals surface area contributed by atoms with Crippen LogP contribution >= 0.6 is 11.6 Å². The highest BCUT2D eigenvalue weighted by Crippen LogP contribution is 2.24. The van der Waals surface area contributed by atoms with Crippen LogP contribution in [0.1, 0.15) is 16.1 Å². The third-order valence-corrected chi connectivity index (χ3v) is 4.80. The molecular weight excluding hydrogens is 464 g/mol. The number of aromatic amines is 1. The third-order valence-electron chi connectivity index (χ3n) is 4.55. The minimum absolute atomic E-state index is 0.123. The van der Waals surface area contributed by atoms with E-state index in [1.54, 1.807) is 36.4 Å². The second-order valence-electron chi connectivity index (χ2n) is 6.81. The molecule has 2 aromatic heterocycles. The minimum atomic E-state index is -0.747. The van der Waals surface area contributed by atoms with Crippen molar-refractivity contribution < 1.29 is 14.1 Å². The van der Waals surface area contributed by atoms with E-state index in [1.807, 2.05) is 6.07 Å². The Morgan fingerprint density at radius 3 is 2.38 bits per heavy atom. The molecule has 0 saturated heterocycles. The Morgan fingerprint density at radius 2 is 1.76 bits per heavy atom. The average Bonchev–Trinajstić information content (AvgIpc) is 3.32. The quantitative estimate of drug-likeness (QED) is 0.271. The summed E-state index contributed by atoms with van der Waals surface area (Å²) in [5.74, 6) is -1.33. The van der Waals surface area contributed by atoms with E-state index in [1.165, 1.54) is 18.2 Å². The van der Waals surface area contributed by atoms with Crippen LogP contribution in [-0.2, 0) is 0 Å². The molecule has 0 bridgehead atoms. The molecule has 3 N–H and O–H groups in total. The molecule has 34 heavy (non-hydrogen) atoms. The lowest BCUT2D eigenvalue weighted by Gasteiger charge is -2.10. The fourth-order valence-electron chi connectivity index (χ4n) is 2.97. The zero-order valence-electron chi connectivity index (χ0n) is 17.0. The standard InChI is InChI=1S/C22H13ClN6O5/c23-13-3-7-15(8-4-13)26-22-27-19(16(11-24)20(30)28-22)12-1-5-14(6-2-12)25-21(31)17-9-10-18(34-17)29(32)33/h1-10H,(H,25,31)(H2,26,27,28,30). The Hall–Kier alpha value is -4.95. The van der Waals surface area contributed by atoms with Crippen LogP contribution in [0.3, 0.4) is 0 Å². The summed E-state index contributed by atoms with van der Waals surface area (Å²) in [6.07, 6.45) is 0. The van der Waals surface area contributed by atoms with E-state index in [-0.39, 0.29) is 23.0 Å². The fraction of sp³-hybridized carbons (Fsp3) is 0. The molecule has 2 heterocycles. The van der Waals surface area contributed by atoms with Crippen molar-refractivity contribution in [3.05, 3.63) is 97.5 Å². The van der Waals surface area contributed by atoms with Gasteiger partial charge < -0.3 is 15.1 Å². The van der Waals surface area contributed by atoms with Crippen molar-refractivity contribution in [1.29, 1.82) is 5.26 Å². The summed E-state index contributed by atoms with van der Waals surface area (Å²) in [6, 6.07) is 17.0. The van der Waals surface area contributed by atoms with Gasteiger partial charge in [0.15, 0.2) is 5.76 Å². The Balaban J connectivity index is 1.58. The first-order valence-corrected chi connectivity index (χ1v) is 9.95. The fourth-order valence-corrected chi connectivity index (χ4v) is 3.09. The number of benzene rings is 2. The molecule has 0 fully saturated rings. The predicted octanol–water partition coefficient (Wildman–Crippen LogP) is 4.46. The maximum atomic E-state index is 12.4. The first-order chi connectivity index (χ1) is 16.3. The Bertz CT molecular complexity index is 1490. The number of anilines is 3.